The van der Waals surface area contributed by atoms with Gasteiger partial charge in [0.1, 0.15) is 11.3 Å². The van der Waals surface area contributed by atoms with Crippen LogP contribution in [0, 0.1) is 10.1 Å². The van der Waals surface area contributed by atoms with Gasteiger partial charge in [0.2, 0.25) is 5.91 Å². The molecule has 3 aromatic carbocycles. The molecular weight excluding hydrogens is 442 g/mol. The third-order valence-electron chi connectivity index (χ3n) is 4.27. The maximum atomic E-state index is 12.4. The van der Waals surface area contributed by atoms with Crippen molar-refractivity contribution in [2.24, 2.45) is 0 Å². The number of benzene rings is 3. The number of hydrogen-bond acceptors (Lipinski definition) is 5. The zero-order valence-corrected chi connectivity index (χ0v) is 16.9. The molecule has 0 bridgehead atoms. The second-order valence-electron chi connectivity index (χ2n) is 6.07. The fourth-order valence-electron chi connectivity index (χ4n) is 2.94. The van der Waals surface area contributed by atoms with Crippen LogP contribution in [0.4, 0.5) is 5.69 Å². The van der Waals surface area contributed by atoms with Crippen molar-refractivity contribution in [1.82, 2.24) is 10.9 Å². The first-order chi connectivity index (χ1) is 13.9. The quantitative estimate of drug-likeness (QED) is 0.449. The fourth-order valence-corrected chi connectivity index (χ4v) is 3.32. The van der Waals surface area contributed by atoms with E-state index in [2.05, 4.69) is 26.8 Å². The Morgan fingerprint density at radius 1 is 1.10 bits per heavy atom. The largest absolute Gasteiger partial charge is 0.496 e. The van der Waals surface area contributed by atoms with Crippen LogP contribution in [-0.4, -0.2) is 23.8 Å². The van der Waals surface area contributed by atoms with Gasteiger partial charge in [0.05, 0.1) is 18.5 Å². The monoisotopic (exact) mass is 457 g/mol. The van der Waals surface area contributed by atoms with Gasteiger partial charge in [-0.2, -0.15) is 0 Å². The van der Waals surface area contributed by atoms with E-state index < -0.39 is 16.7 Å². The summed E-state index contributed by atoms with van der Waals surface area (Å²) in [5, 5.41) is 12.8. The van der Waals surface area contributed by atoms with Crippen LogP contribution in [0.25, 0.3) is 10.8 Å². The van der Waals surface area contributed by atoms with Crippen LogP contribution in [0.2, 0.25) is 0 Å². The van der Waals surface area contributed by atoms with E-state index in [1.165, 1.54) is 31.4 Å². The average Bonchev–Trinajstić information content (AvgIpc) is 2.72. The number of ether oxygens (including phenoxy) is 1. The Balaban J connectivity index is 1.76. The van der Waals surface area contributed by atoms with Crippen molar-refractivity contribution in [3.05, 3.63) is 80.3 Å². The second-order valence-corrected chi connectivity index (χ2v) is 6.98. The molecule has 0 radical (unpaired) electrons. The summed E-state index contributed by atoms with van der Waals surface area (Å²) >= 11 is 3.42. The molecule has 9 heteroatoms. The van der Waals surface area contributed by atoms with E-state index in [0.717, 1.165) is 15.2 Å². The first-order valence-corrected chi connectivity index (χ1v) is 9.27. The standard InChI is InChI=1S/C20H16BrN3O5/c1-29-18-9-6-12-10-13(21)7-8-14(12)16(18)11-19(25)22-23-20(26)15-4-2-3-5-17(15)24(27)28/h2-10H,11H2,1H3,(H,22,25)(H,23,26). The molecule has 0 saturated heterocycles. The van der Waals surface area contributed by atoms with Gasteiger partial charge in [0.25, 0.3) is 11.6 Å². The lowest BCUT2D eigenvalue weighted by Gasteiger charge is -2.13. The van der Waals surface area contributed by atoms with Crippen molar-refractivity contribution in [3.8, 4) is 5.75 Å². The van der Waals surface area contributed by atoms with Gasteiger partial charge in [-0.05, 0) is 35.0 Å². The van der Waals surface area contributed by atoms with Gasteiger partial charge in [-0.15, -0.1) is 0 Å². The number of carbonyl (C=O) groups excluding carboxylic acids is 2. The predicted molar refractivity (Wildman–Crippen MR) is 111 cm³/mol. The van der Waals surface area contributed by atoms with Gasteiger partial charge < -0.3 is 4.74 Å². The van der Waals surface area contributed by atoms with Gasteiger partial charge in [-0.3, -0.25) is 30.6 Å². The summed E-state index contributed by atoms with van der Waals surface area (Å²) in [4.78, 5) is 35.0. The van der Waals surface area contributed by atoms with E-state index >= 15 is 0 Å². The Labute approximate surface area is 174 Å². The molecular formula is C20H16BrN3O5. The molecule has 0 aromatic heterocycles. The predicted octanol–water partition coefficient (Wildman–Crippen LogP) is 3.52. The minimum atomic E-state index is -0.778. The number of nitrogens with zero attached hydrogens (tertiary/aromatic N) is 1. The highest BCUT2D eigenvalue weighted by Gasteiger charge is 2.20. The molecule has 0 spiro atoms. The van der Waals surface area contributed by atoms with Gasteiger partial charge in [-0.1, -0.05) is 40.2 Å². The highest BCUT2D eigenvalue weighted by Crippen LogP contribution is 2.30. The Morgan fingerprint density at radius 3 is 2.59 bits per heavy atom. The van der Waals surface area contributed by atoms with E-state index in [4.69, 9.17) is 4.74 Å². The molecule has 148 valence electrons. The van der Waals surface area contributed by atoms with E-state index in [0.29, 0.717) is 11.3 Å². The molecule has 0 unspecified atom stereocenters. The van der Waals surface area contributed by atoms with Crippen LogP contribution in [-0.2, 0) is 11.2 Å². The number of nitro groups is 1. The molecule has 2 amide bonds. The van der Waals surface area contributed by atoms with Crippen molar-refractivity contribution in [2.45, 2.75) is 6.42 Å². The molecule has 29 heavy (non-hydrogen) atoms. The molecule has 0 fully saturated rings. The number of carbonyl (C=O) groups is 2. The second kappa shape index (κ2) is 8.70. The number of methoxy groups -OCH3 is 1. The van der Waals surface area contributed by atoms with E-state index in [1.54, 1.807) is 6.07 Å². The minimum absolute atomic E-state index is 0.0562. The van der Waals surface area contributed by atoms with Crippen molar-refractivity contribution >= 4 is 44.2 Å². The first-order valence-electron chi connectivity index (χ1n) is 8.48. The summed E-state index contributed by atoms with van der Waals surface area (Å²) in [6.07, 6.45) is -0.0562. The van der Waals surface area contributed by atoms with Crippen molar-refractivity contribution in [1.29, 1.82) is 0 Å². The molecule has 0 saturated carbocycles. The van der Waals surface area contributed by atoms with Gasteiger partial charge in [-0.25, -0.2) is 0 Å². The maximum absolute atomic E-state index is 12.4. The minimum Gasteiger partial charge on any atom is -0.496 e. The van der Waals surface area contributed by atoms with Crippen LogP contribution in [0.5, 0.6) is 5.75 Å². The molecule has 0 heterocycles. The number of halogens is 1. The SMILES string of the molecule is COc1ccc2cc(Br)ccc2c1CC(=O)NNC(=O)c1ccccc1[N+](=O)[O-]. The van der Waals surface area contributed by atoms with Crippen molar-refractivity contribution in [3.63, 3.8) is 0 Å². The Morgan fingerprint density at radius 2 is 1.86 bits per heavy atom. The highest BCUT2D eigenvalue weighted by molar-refractivity contribution is 9.10. The zero-order valence-electron chi connectivity index (χ0n) is 15.3. The number of fused-ring (bicyclic) bond motifs is 1. The zero-order chi connectivity index (χ0) is 21.0. The molecule has 0 aliphatic heterocycles. The number of hydrogen-bond donors (Lipinski definition) is 2. The molecule has 0 atom stereocenters. The van der Waals surface area contributed by atoms with Crippen molar-refractivity contribution in [2.75, 3.05) is 7.11 Å². The molecule has 8 nitrogen and oxygen atoms in total. The third-order valence-corrected chi connectivity index (χ3v) is 4.76. The summed E-state index contributed by atoms with van der Waals surface area (Å²) in [7, 11) is 1.51. The summed E-state index contributed by atoms with van der Waals surface area (Å²) < 4.78 is 6.27. The number of nitro benzene ring substituents is 1. The Hall–Kier alpha value is -3.46. The van der Waals surface area contributed by atoms with E-state index in [9.17, 15) is 19.7 Å². The Kier molecular flexibility index (Phi) is 6.08. The number of nitrogens with one attached hydrogen (secondary N) is 2. The highest BCUT2D eigenvalue weighted by atomic mass is 79.9. The molecule has 3 aromatic rings. The lowest BCUT2D eigenvalue weighted by Crippen LogP contribution is -2.42. The fraction of sp³-hybridized carbons (Fsp3) is 0.100. The van der Waals surface area contributed by atoms with Crippen LogP contribution >= 0.6 is 15.9 Å². The maximum Gasteiger partial charge on any atom is 0.282 e. The lowest BCUT2D eigenvalue weighted by molar-refractivity contribution is -0.385. The van der Waals surface area contributed by atoms with E-state index in [-0.39, 0.29) is 17.7 Å². The van der Waals surface area contributed by atoms with Gasteiger partial charge in [0, 0.05) is 16.1 Å². The van der Waals surface area contributed by atoms with Crippen LogP contribution in [0.15, 0.2) is 59.1 Å². The topological polar surface area (TPSA) is 111 Å². The third kappa shape index (κ3) is 4.52. The van der Waals surface area contributed by atoms with Crippen molar-refractivity contribution < 1.29 is 19.2 Å². The molecule has 2 N–H and O–H groups in total. The molecule has 3 rings (SSSR count). The summed E-state index contributed by atoms with van der Waals surface area (Å²) in [6, 6.07) is 14.8. The van der Waals surface area contributed by atoms with E-state index in [1.807, 2.05) is 24.3 Å². The summed E-state index contributed by atoms with van der Waals surface area (Å²) in [5.74, 6) is -0.731. The van der Waals surface area contributed by atoms with Crippen LogP contribution in [0.1, 0.15) is 15.9 Å². The summed E-state index contributed by atoms with van der Waals surface area (Å²) in [5.41, 5.74) is 4.68. The average molecular weight is 458 g/mol. The first kappa shape index (κ1) is 20.3. The number of para-hydroxylation sites is 1. The number of rotatable bonds is 5. The van der Waals surface area contributed by atoms with Crippen LogP contribution < -0.4 is 15.6 Å². The number of amides is 2. The molecule has 0 aliphatic carbocycles. The number of hydrazine groups is 1. The van der Waals surface area contributed by atoms with Crippen LogP contribution in [0.3, 0.4) is 0 Å². The summed E-state index contributed by atoms with van der Waals surface area (Å²) in [6.45, 7) is 0. The molecule has 0 aliphatic rings. The Bertz CT molecular complexity index is 1120. The normalized spacial score (nSPS) is 10.4. The lowest BCUT2D eigenvalue weighted by atomic mass is 10.0. The smallest absolute Gasteiger partial charge is 0.282 e. The van der Waals surface area contributed by atoms with Gasteiger partial charge in [0.15, 0.2) is 0 Å². The van der Waals surface area contributed by atoms with Gasteiger partial charge >= 0.3 is 0 Å².